The van der Waals surface area contributed by atoms with Crippen LogP contribution < -0.4 is 24.3 Å². The molecular formula is C23H29BrClNO5. The highest BCUT2D eigenvalue weighted by molar-refractivity contribution is 9.10. The van der Waals surface area contributed by atoms with Gasteiger partial charge in [0.2, 0.25) is 0 Å². The number of nitrogens with one attached hydrogen (secondary N) is 1. The molecule has 1 saturated carbocycles. The average Bonchev–Trinajstić information content (AvgIpc) is 3.29. The Labute approximate surface area is 197 Å². The minimum atomic E-state index is -0.804. The van der Waals surface area contributed by atoms with E-state index in [4.69, 9.17) is 18.9 Å². The fourth-order valence-corrected chi connectivity index (χ4v) is 4.54. The van der Waals surface area contributed by atoms with E-state index in [0.717, 1.165) is 16.6 Å². The van der Waals surface area contributed by atoms with Crippen molar-refractivity contribution in [3.8, 4) is 23.0 Å². The minimum Gasteiger partial charge on any atom is -0.493 e. The maximum atomic E-state index is 10.6. The van der Waals surface area contributed by atoms with E-state index in [1.54, 1.807) is 13.2 Å². The molecule has 1 atom stereocenters. The van der Waals surface area contributed by atoms with Crippen molar-refractivity contribution in [1.82, 2.24) is 5.32 Å². The van der Waals surface area contributed by atoms with Crippen LogP contribution >= 0.6 is 28.3 Å². The van der Waals surface area contributed by atoms with Crippen LogP contribution in [0.3, 0.4) is 0 Å². The molecule has 0 radical (unpaired) electrons. The quantitative estimate of drug-likeness (QED) is 0.528. The molecule has 2 aromatic rings. The third-order valence-electron chi connectivity index (χ3n) is 5.58. The number of rotatable bonds is 8. The molecule has 0 amide bonds. The molecule has 1 unspecified atom stereocenters. The Morgan fingerprint density at radius 2 is 1.87 bits per heavy atom. The lowest BCUT2D eigenvalue weighted by Crippen LogP contribution is -2.25. The largest absolute Gasteiger partial charge is 0.493 e. The molecule has 0 bridgehead atoms. The molecule has 2 N–H and O–H groups in total. The van der Waals surface area contributed by atoms with Crippen molar-refractivity contribution < 1.29 is 24.1 Å². The van der Waals surface area contributed by atoms with E-state index in [1.165, 1.54) is 25.7 Å². The molecule has 4 rings (SSSR count). The summed E-state index contributed by atoms with van der Waals surface area (Å²) in [7, 11) is 1.63. The Kier molecular flexibility index (Phi) is 8.72. The van der Waals surface area contributed by atoms with Crippen molar-refractivity contribution in [2.45, 2.75) is 44.4 Å². The normalized spacial score (nSPS) is 16.5. The molecule has 170 valence electrons. The van der Waals surface area contributed by atoms with Gasteiger partial charge < -0.3 is 29.4 Å². The van der Waals surface area contributed by atoms with E-state index in [-0.39, 0.29) is 19.0 Å². The molecule has 6 nitrogen and oxygen atoms in total. The number of methoxy groups -OCH3 is 1. The van der Waals surface area contributed by atoms with Crippen molar-refractivity contribution in [3.63, 3.8) is 0 Å². The SMILES string of the molecule is COc1cc(CNC2CCCC2)cc(Br)c1OCC(O)c1ccc2c(c1)OCCO2.Cl. The number of aliphatic hydroxyl groups is 1. The molecule has 0 aromatic heterocycles. The summed E-state index contributed by atoms with van der Waals surface area (Å²) in [6.45, 7) is 1.93. The zero-order chi connectivity index (χ0) is 20.9. The molecule has 8 heteroatoms. The van der Waals surface area contributed by atoms with Crippen LogP contribution in [0.5, 0.6) is 23.0 Å². The van der Waals surface area contributed by atoms with E-state index < -0.39 is 6.10 Å². The first-order chi connectivity index (χ1) is 14.6. The second kappa shape index (κ2) is 11.3. The van der Waals surface area contributed by atoms with Crippen LogP contribution in [-0.2, 0) is 6.54 Å². The number of fused-ring (bicyclic) bond motifs is 1. The number of halogens is 2. The summed E-state index contributed by atoms with van der Waals surface area (Å²) in [6, 6.07) is 10.1. The van der Waals surface area contributed by atoms with Gasteiger partial charge in [-0.15, -0.1) is 12.4 Å². The van der Waals surface area contributed by atoms with Gasteiger partial charge in [0.05, 0.1) is 11.6 Å². The van der Waals surface area contributed by atoms with E-state index in [2.05, 4.69) is 21.2 Å². The lowest BCUT2D eigenvalue weighted by Gasteiger charge is -2.21. The van der Waals surface area contributed by atoms with Gasteiger partial charge >= 0.3 is 0 Å². The molecule has 2 aliphatic rings. The highest BCUT2D eigenvalue weighted by Crippen LogP contribution is 2.38. The van der Waals surface area contributed by atoms with Crippen molar-refractivity contribution in [2.75, 3.05) is 26.9 Å². The van der Waals surface area contributed by atoms with E-state index in [1.807, 2.05) is 24.3 Å². The third kappa shape index (κ3) is 5.98. The Balaban J connectivity index is 0.00000272. The summed E-state index contributed by atoms with van der Waals surface area (Å²) in [5, 5.41) is 14.2. The van der Waals surface area contributed by atoms with Crippen LogP contribution in [0.15, 0.2) is 34.8 Å². The molecule has 1 heterocycles. The molecule has 1 fully saturated rings. The van der Waals surface area contributed by atoms with E-state index in [0.29, 0.717) is 47.8 Å². The molecule has 2 aromatic carbocycles. The van der Waals surface area contributed by atoms with Crippen molar-refractivity contribution in [1.29, 1.82) is 0 Å². The van der Waals surface area contributed by atoms with Gasteiger partial charge in [-0.25, -0.2) is 0 Å². The van der Waals surface area contributed by atoms with E-state index in [9.17, 15) is 5.11 Å². The van der Waals surface area contributed by atoms with Crippen LogP contribution in [0, 0.1) is 0 Å². The Morgan fingerprint density at radius 3 is 2.61 bits per heavy atom. The lowest BCUT2D eigenvalue weighted by molar-refractivity contribution is 0.105. The van der Waals surface area contributed by atoms with Crippen molar-refractivity contribution >= 4 is 28.3 Å². The van der Waals surface area contributed by atoms with Gasteiger partial charge in [-0.3, -0.25) is 0 Å². The van der Waals surface area contributed by atoms with Gasteiger partial charge in [-0.2, -0.15) is 0 Å². The maximum Gasteiger partial charge on any atom is 0.175 e. The van der Waals surface area contributed by atoms with Gasteiger partial charge in [-0.1, -0.05) is 18.9 Å². The van der Waals surface area contributed by atoms with Crippen molar-refractivity contribution in [2.24, 2.45) is 0 Å². The summed E-state index contributed by atoms with van der Waals surface area (Å²) < 4.78 is 23.4. The minimum absolute atomic E-state index is 0. The van der Waals surface area contributed by atoms with Crippen LogP contribution in [0.1, 0.15) is 42.9 Å². The average molecular weight is 515 g/mol. The first-order valence-electron chi connectivity index (χ1n) is 10.4. The fourth-order valence-electron chi connectivity index (χ4n) is 3.93. The molecule has 1 aliphatic carbocycles. The number of hydrogen-bond donors (Lipinski definition) is 2. The molecule has 1 aliphatic heterocycles. The monoisotopic (exact) mass is 513 g/mol. The number of benzene rings is 2. The van der Waals surface area contributed by atoms with Gasteiger partial charge in [0, 0.05) is 12.6 Å². The summed E-state index contributed by atoms with van der Waals surface area (Å²) >= 11 is 3.60. The summed E-state index contributed by atoms with van der Waals surface area (Å²) in [6.07, 6.45) is 4.31. The fraction of sp³-hybridized carbons (Fsp3) is 0.478. The Morgan fingerprint density at radius 1 is 1.13 bits per heavy atom. The number of ether oxygens (including phenoxy) is 4. The maximum absolute atomic E-state index is 10.6. The first kappa shape index (κ1) is 24.0. The molecular weight excluding hydrogens is 486 g/mol. The van der Waals surface area contributed by atoms with Gasteiger partial charge in [0.1, 0.15) is 25.9 Å². The van der Waals surface area contributed by atoms with Crippen LogP contribution in [-0.4, -0.2) is 38.1 Å². The van der Waals surface area contributed by atoms with E-state index >= 15 is 0 Å². The first-order valence-corrected chi connectivity index (χ1v) is 11.2. The predicted octanol–water partition coefficient (Wildman–Crippen LogP) is 4.80. The molecule has 0 saturated heterocycles. The van der Waals surface area contributed by atoms with Crippen LogP contribution in [0.25, 0.3) is 0 Å². The summed E-state index contributed by atoms with van der Waals surface area (Å²) in [5.41, 5.74) is 1.84. The Bertz CT molecular complexity index is 875. The lowest BCUT2D eigenvalue weighted by atomic mass is 10.1. The zero-order valence-corrected chi connectivity index (χ0v) is 20.0. The summed E-state index contributed by atoms with van der Waals surface area (Å²) in [5.74, 6) is 2.57. The smallest absolute Gasteiger partial charge is 0.175 e. The van der Waals surface area contributed by atoms with Gasteiger partial charge in [-0.05, 0) is 64.2 Å². The van der Waals surface area contributed by atoms with Gasteiger partial charge in [0.15, 0.2) is 23.0 Å². The Hall–Kier alpha value is -1.67. The second-order valence-corrected chi connectivity index (χ2v) is 8.56. The number of aliphatic hydroxyl groups excluding tert-OH is 1. The highest BCUT2D eigenvalue weighted by atomic mass is 79.9. The zero-order valence-electron chi connectivity index (χ0n) is 17.6. The summed E-state index contributed by atoms with van der Waals surface area (Å²) in [4.78, 5) is 0. The predicted molar refractivity (Wildman–Crippen MR) is 125 cm³/mol. The topological polar surface area (TPSA) is 69.2 Å². The van der Waals surface area contributed by atoms with Gasteiger partial charge in [0.25, 0.3) is 0 Å². The van der Waals surface area contributed by atoms with Crippen molar-refractivity contribution in [3.05, 3.63) is 45.9 Å². The number of hydrogen-bond acceptors (Lipinski definition) is 6. The molecule has 0 spiro atoms. The second-order valence-electron chi connectivity index (χ2n) is 7.70. The molecule has 31 heavy (non-hydrogen) atoms. The van der Waals surface area contributed by atoms with Crippen LogP contribution in [0.2, 0.25) is 0 Å². The highest BCUT2D eigenvalue weighted by Gasteiger charge is 2.19. The third-order valence-corrected chi connectivity index (χ3v) is 6.16. The van der Waals surface area contributed by atoms with Crippen LogP contribution in [0.4, 0.5) is 0 Å². The standard InChI is InChI=1S/C23H28BrNO5.ClH/c1-27-22-11-15(13-25-17-4-2-3-5-17)10-18(24)23(22)30-14-19(26)16-6-7-20-21(12-16)29-9-8-28-20;/h6-7,10-12,17,19,25-26H,2-5,8-9,13-14H2,1H3;1H.